The van der Waals surface area contributed by atoms with Crippen LogP contribution in [0.3, 0.4) is 0 Å². The molecule has 0 amide bonds. The van der Waals surface area contributed by atoms with Gasteiger partial charge < -0.3 is 53.2 Å². The predicted molar refractivity (Wildman–Crippen MR) is 532 cm³/mol. The zero-order valence-electron chi connectivity index (χ0n) is 70.8. The number of halogens is 10. The summed E-state index contributed by atoms with van der Waals surface area (Å²) in [5.41, 5.74) is 18.9. The van der Waals surface area contributed by atoms with E-state index in [1.807, 2.05) is 36.4 Å². The first-order valence-corrected chi connectivity index (χ1v) is 49.3. The maximum absolute atomic E-state index is 5.83. The molecule has 0 saturated heterocycles. The van der Waals surface area contributed by atoms with Crippen LogP contribution in [0.2, 0.25) is 0 Å². The molecule has 0 aromatic heterocycles. The first kappa shape index (κ1) is 106. The Balaban J connectivity index is 0.000000278. The molecule has 0 saturated carbocycles. The molecular formula is C102H120Br10Mg2N2O2. The van der Waals surface area contributed by atoms with Gasteiger partial charge in [0.2, 0.25) is 0 Å². The van der Waals surface area contributed by atoms with Crippen LogP contribution in [0.15, 0.2) is 245 Å². The van der Waals surface area contributed by atoms with Crippen molar-refractivity contribution in [2.75, 3.05) is 33.7 Å². The van der Waals surface area contributed by atoms with Crippen molar-refractivity contribution in [2.45, 2.75) is 220 Å². The summed E-state index contributed by atoms with van der Waals surface area (Å²) < 4.78 is 18.5. The van der Waals surface area contributed by atoms with Gasteiger partial charge in [-0.3, -0.25) is 0 Å². The van der Waals surface area contributed by atoms with E-state index in [0.717, 1.165) is 132 Å². The summed E-state index contributed by atoms with van der Waals surface area (Å²) in [5, 5.41) is 2.04. The minimum atomic E-state index is 0. The number of rotatable bonds is 40. The minimum absolute atomic E-state index is 0. The zero-order chi connectivity index (χ0) is 81.2. The van der Waals surface area contributed by atoms with Crippen LogP contribution in [0.1, 0.15) is 232 Å². The van der Waals surface area contributed by atoms with Gasteiger partial charge >= 0.3 is 46.1 Å². The smallest absolute Gasteiger partial charge is 1.00 e. The maximum atomic E-state index is 5.83. The fourth-order valence-corrected chi connectivity index (χ4v) is 19.6. The second kappa shape index (κ2) is 56.7. The molecule has 0 spiro atoms. The molecule has 0 fully saturated rings. The van der Waals surface area contributed by atoms with Crippen molar-refractivity contribution >= 4 is 208 Å². The Kier molecular flexibility index (Phi) is 51.1. The van der Waals surface area contributed by atoms with Gasteiger partial charge in [-0.15, -0.1) is 23.3 Å². The van der Waals surface area contributed by atoms with Gasteiger partial charge in [0.25, 0.3) is 0 Å². The standard InChI is InChI=1S/C29H40Br2.C29H40Br.C22H20Br3NO.C22H20Br2NO.2BrH.2Mg/c1-5-9-11-21(7-3)19-29(20-22(8-4)12-10-6-2)27-17-23(30)13-15-25(27)26-16-14-24(31)18-28(26)29;1-5-9-13-22(7-3)20-29(21-23(8-4)14-10-6-2)27-16-12-11-15-25(27)26-18-17-24(30)19-28(26)29;23-15-1-2-16-27-22-13-11-21(12-14-22)26(19-7-3-17(24)4-8-19)20-9-5-18(25)6-10-20;23-16-4-5-17-26-22-14-12-21(13-15-22)25(19-6-2-1-3-7-19)20-10-8-18(24)9-11-20;;;;/h13-18,21-22H,5-12,19-20H2,1-4H3;11,15-19,22-23H,5-10,13-14,20-21H2,1-4H3;3-14H,1-2,15-16H2;2-3,6-15H,4-5,16-17H2;2*1H;;/q;-1;;-1;;;2*+2/p-2. The molecule has 2 aliphatic carbocycles. The number of ether oxygens (including phenoxy) is 2. The molecule has 0 heterocycles. The van der Waals surface area contributed by atoms with Gasteiger partial charge in [-0.25, -0.2) is 0 Å². The molecule has 624 valence electrons. The van der Waals surface area contributed by atoms with Gasteiger partial charge in [-0.2, -0.15) is 42.5 Å². The van der Waals surface area contributed by atoms with Crippen molar-refractivity contribution in [1.82, 2.24) is 0 Å². The van der Waals surface area contributed by atoms with Crippen LogP contribution >= 0.6 is 127 Å². The molecule has 4 atom stereocenters. The molecule has 4 unspecified atom stereocenters. The van der Waals surface area contributed by atoms with Crippen molar-refractivity contribution in [3.05, 3.63) is 280 Å². The van der Waals surface area contributed by atoms with E-state index in [9.17, 15) is 0 Å². The number of fused-ring (bicyclic) bond motifs is 6. The van der Waals surface area contributed by atoms with Gasteiger partial charge in [0.05, 0.1) is 13.2 Å². The topological polar surface area (TPSA) is 24.9 Å². The van der Waals surface area contributed by atoms with E-state index in [-0.39, 0.29) is 90.9 Å². The SMILES string of the molecule is BrCCCCOc1ccc(N(c2cc[c-]cc2)c2ccc(Br)cc2)cc1.BrCCCCOc1ccc(N(c2ccc(Br)cc2)c2ccc(Br)cc2)cc1.CCCCC(CC)CC1(CC(CC)CCCC)c2c[c-]ccc2-c2ccc(Br)cc21.CCCCC(CC)CC1(CC(CC)CCCC)c2cc(Br)ccc2-c2ccc(Br)cc21.[Br-].[Br-].[Mg+2].[Mg+2]. The van der Waals surface area contributed by atoms with Crippen LogP contribution < -0.4 is 53.2 Å². The van der Waals surface area contributed by atoms with E-state index in [1.165, 1.54) is 164 Å². The Labute approximate surface area is 832 Å². The van der Waals surface area contributed by atoms with E-state index in [1.54, 1.807) is 22.3 Å². The average Bonchev–Trinajstić information content (AvgIpc) is 1.57. The van der Waals surface area contributed by atoms with Crippen LogP contribution in [0.4, 0.5) is 34.1 Å². The predicted octanol–water partition coefficient (Wildman–Crippen LogP) is 29.2. The van der Waals surface area contributed by atoms with Crippen molar-refractivity contribution in [2.24, 2.45) is 23.7 Å². The van der Waals surface area contributed by atoms with Gasteiger partial charge in [0.15, 0.2) is 0 Å². The van der Waals surface area contributed by atoms with Gasteiger partial charge in [0, 0.05) is 71.3 Å². The molecule has 0 bridgehead atoms. The fraction of sp³-hybridized carbons (Fsp3) is 0.412. The van der Waals surface area contributed by atoms with Crippen LogP contribution in [-0.2, 0) is 10.8 Å². The molecule has 0 N–H and O–H groups in total. The third kappa shape index (κ3) is 30.5. The van der Waals surface area contributed by atoms with Gasteiger partial charge in [-0.05, 0) is 272 Å². The Morgan fingerprint density at radius 2 is 0.568 bits per heavy atom. The molecular weight excluding hydrogens is 2130 g/mol. The van der Waals surface area contributed by atoms with Crippen LogP contribution in [0.25, 0.3) is 22.3 Å². The third-order valence-corrected chi connectivity index (χ3v) is 27.4. The van der Waals surface area contributed by atoms with E-state index in [2.05, 4.69) is 387 Å². The molecule has 118 heavy (non-hydrogen) atoms. The number of hydrogen-bond acceptors (Lipinski definition) is 4. The van der Waals surface area contributed by atoms with Crippen LogP contribution in [0.5, 0.6) is 11.5 Å². The van der Waals surface area contributed by atoms with E-state index in [4.69, 9.17) is 9.47 Å². The molecule has 10 aromatic carbocycles. The second-order valence-electron chi connectivity index (χ2n) is 31.0. The van der Waals surface area contributed by atoms with Crippen molar-refractivity contribution in [1.29, 1.82) is 0 Å². The summed E-state index contributed by atoms with van der Waals surface area (Å²) in [7, 11) is 0. The molecule has 16 heteroatoms. The van der Waals surface area contributed by atoms with Crippen molar-refractivity contribution < 1.29 is 43.4 Å². The average molecular weight is 2250 g/mol. The maximum Gasteiger partial charge on any atom is 2.00 e. The van der Waals surface area contributed by atoms with Gasteiger partial charge in [0.1, 0.15) is 11.5 Å². The first-order valence-electron chi connectivity index (χ1n) is 42.3. The monoisotopic (exact) mass is 2240 g/mol. The summed E-state index contributed by atoms with van der Waals surface area (Å²) in [5.74, 6) is 4.93. The number of anilines is 6. The molecule has 2 aliphatic rings. The number of alkyl halides is 2. The quantitative estimate of drug-likeness (QED) is 0.0165. The Bertz CT molecular complexity index is 4310. The Morgan fingerprint density at radius 1 is 0.305 bits per heavy atom. The van der Waals surface area contributed by atoms with Gasteiger partial charge in [-0.1, -0.05) is 309 Å². The normalized spacial score (nSPS) is 13.9. The largest absolute Gasteiger partial charge is 2.00 e. The fourth-order valence-electron chi connectivity index (χ4n) is 16.9. The molecule has 4 nitrogen and oxygen atoms in total. The summed E-state index contributed by atoms with van der Waals surface area (Å²) in [6.07, 6.45) is 30.6. The van der Waals surface area contributed by atoms with E-state index in [0.29, 0.717) is 0 Å². The summed E-state index contributed by atoms with van der Waals surface area (Å²) in [4.78, 5) is 4.45. The van der Waals surface area contributed by atoms with Crippen molar-refractivity contribution in [3.63, 3.8) is 0 Å². The van der Waals surface area contributed by atoms with E-state index < -0.39 is 0 Å². The summed E-state index contributed by atoms with van der Waals surface area (Å²) in [6.45, 7) is 20.4. The van der Waals surface area contributed by atoms with Crippen LogP contribution in [0, 0.1) is 35.8 Å². The molecule has 12 rings (SSSR count). The number of unbranched alkanes of at least 4 members (excludes halogenated alkanes) is 6. The van der Waals surface area contributed by atoms with Crippen LogP contribution in [-0.4, -0.2) is 70.0 Å². The zero-order valence-corrected chi connectivity index (χ0v) is 89.5. The van der Waals surface area contributed by atoms with Crippen molar-refractivity contribution in [3.8, 4) is 33.8 Å². The molecule has 10 aromatic rings. The Morgan fingerprint density at radius 3 is 0.856 bits per heavy atom. The first-order chi connectivity index (χ1) is 55.5. The second-order valence-corrected chi connectivity index (χ2v) is 38.1. The number of nitrogens with zero attached hydrogens (tertiary/aromatic N) is 2. The van der Waals surface area contributed by atoms with E-state index >= 15 is 0 Å². The number of benzene rings is 10. The summed E-state index contributed by atoms with van der Waals surface area (Å²) in [6, 6.07) is 83.8. The minimum Gasteiger partial charge on any atom is -1.00 e. The number of hydrogen-bond donors (Lipinski definition) is 0. The third-order valence-electron chi connectivity index (χ3n) is 23.2. The Hall–Kier alpha value is -2.27. The molecule has 0 aliphatic heterocycles. The molecule has 0 radical (unpaired) electrons. The summed E-state index contributed by atoms with van der Waals surface area (Å²) >= 11 is 28.9.